The Kier molecular flexibility index (Phi) is 4.44. The fraction of sp³-hybridized carbons (Fsp3) is 0.316. The molecule has 0 unspecified atom stereocenters. The van der Waals surface area contributed by atoms with Crippen LogP contribution in [-0.4, -0.2) is 39.5 Å². The molecule has 1 N–H and O–H groups in total. The number of hydrogen-bond acceptors (Lipinski definition) is 3. The first-order valence-corrected chi connectivity index (χ1v) is 8.26. The molecular formula is C19H20N2O4. The standard InChI is InChI=1S/C19H20N2O4/c1-12-8-11-21(18(23)16(12)19(24)25)15-7-5-6-14(13(15)2)17(22)20-9-3-4-10-20/h5-8,11H,3-4,9-10H2,1-2H3,(H,24,25). The van der Waals surface area contributed by atoms with Gasteiger partial charge < -0.3 is 10.0 Å². The van der Waals surface area contributed by atoms with E-state index in [9.17, 15) is 19.5 Å². The Hall–Kier alpha value is -2.89. The van der Waals surface area contributed by atoms with E-state index in [0.717, 1.165) is 25.9 Å². The Bertz CT molecular complexity index is 908. The number of carbonyl (C=O) groups excluding carboxylic acids is 1. The van der Waals surface area contributed by atoms with Crippen LogP contribution in [0.4, 0.5) is 0 Å². The van der Waals surface area contributed by atoms with Crippen molar-refractivity contribution in [1.29, 1.82) is 0 Å². The van der Waals surface area contributed by atoms with Crippen LogP contribution in [0.5, 0.6) is 0 Å². The summed E-state index contributed by atoms with van der Waals surface area (Å²) in [5.74, 6) is -1.30. The molecule has 0 aliphatic carbocycles. The second-order valence-electron chi connectivity index (χ2n) is 6.30. The first-order valence-electron chi connectivity index (χ1n) is 8.26. The molecule has 6 nitrogen and oxygen atoms in total. The topological polar surface area (TPSA) is 79.6 Å². The van der Waals surface area contributed by atoms with Gasteiger partial charge in [0, 0.05) is 24.8 Å². The van der Waals surface area contributed by atoms with E-state index in [-0.39, 0.29) is 11.5 Å². The van der Waals surface area contributed by atoms with E-state index in [1.807, 2.05) is 4.90 Å². The van der Waals surface area contributed by atoms with Crippen molar-refractivity contribution in [3.63, 3.8) is 0 Å². The third-order valence-corrected chi connectivity index (χ3v) is 4.70. The first-order chi connectivity index (χ1) is 11.9. The fourth-order valence-corrected chi connectivity index (χ4v) is 3.28. The lowest BCUT2D eigenvalue weighted by atomic mass is 10.0. The molecule has 2 aromatic rings. The zero-order chi connectivity index (χ0) is 18.1. The van der Waals surface area contributed by atoms with Crippen LogP contribution in [0, 0.1) is 13.8 Å². The molecule has 1 saturated heterocycles. The minimum atomic E-state index is -1.25. The van der Waals surface area contributed by atoms with Crippen LogP contribution in [0.2, 0.25) is 0 Å². The van der Waals surface area contributed by atoms with Crippen molar-refractivity contribution < 1.29 is 14.7 Å². The average Bonchev–Trinajstić information content (AvgIpc) is 3.09. The van der Waals surface area contributed by atoms with Crippen LogP contribution in [0.3, 0.4) is 0 Å². The van der Waals surface area contributed by atoms with Crippen molar-refractivity contribution >= 4 is 11.9 Å². The summed E-state index contributed by atoms with van der Waals surface area (Å²) < 4.78 is 1.30. The second kappa shape index (κ2) is 6.55. The largest absolute Gasteiger partial charge is 0.477 e. The van der Waals surface area contributed by atoms with Gasteiger partial charge in [0.15, 0.2) is 0 Å². The van der Waals surface area contributed by atoms with Crippen LogP contribution in [0.25, 0.3) is 5.69 Å². The Labute approximate surface area is 145 Å². The molecule has 130 valence electrons. The molecule has 0 atom stereocenters. The minimum absolute atomic E-state index is 0.0459. The Morgan fingerprint density at radius 3 is 2.40 bits per heavy atom. The van der Waals surface area contributed by atoms with Crippen molar-refractivity contribution in [3.05, 3.63) is 63.1 Å². The number of carboxylic acids is 1. The van der Waals surface area contributed by atoms with Gasteiger partial charge in [-0.1, -0.05) is 6.07 Å². The molecule has 1 amide bonds. The highest BCUT2D eigenvalue weighted by atomic mass is 16.4. The molecule has 1 aromatic carbocycles. The number of pyridine rings is 1. The summed E-state index contributed by atoms with van der Waals surface area (Å²) in [6.45, 7) is 4.87. The van der Waals surface area contributed by atoms with Crippen molar-refractivity contribution in [2.45, 2.75) is 26.7 Å². The summed E-state index contributed by atoms with van der Waals surface area (Å²) in [5.41, 5.74) is 1.30. The molecule has 1 aromatic heterocycles. The third-order valence-electron chi connectivity index (χ3n) is 4.70. The SMILES string of the molecule is Cc1ccn(-c2cccc(C(=O)N3CCCC3)c2C)c(=O)c1C(=O)O. The average molecular weight is 340 g/mol. The predicted octanol–water partition coefficient (Wildman–Crippen LogP) is 2.39. The van der Waals surface area contributed by atoms with E-state index in [0.29, 0.717) is 22.4 Å². The second-order valence-corrected chi connectivity index (χ2v) is 6.30. The molecular weight excluding hydrogens is 320 g/mol. The lowest BCUT2D eigenvalue weighted by molar-refractivity contribution is 0.0693. The van der Waals surface area contributed by atoms with Gasteiger partial charge in [0.2, 0.25) is 0 Å². The maximum Gasteiger partial charge on any atom is 0.341 e. The molecule has 1 aliphatic heterocycles. The number of rotatable bonds is 3. The molecule has 1 aliphatic rings. The van der Waals surface area contributed by atoms with Gasteiger partial charge in [0.25, 0.3) is 11.5 Å². The lowest BCUT2D eigenvalue weighted by Gasteiger charge is -2.19. The molecule has 0 saturated carbocycles. The van der Waals surface area contributed by atoms with Crippen LogP contribution >= 0.6 is 0 Å². The summed E-state index contributed by atoms with van der Waals surface area (Å²) in [7, 11) is 0. The number of nitrogens with zero attached hydrogens (tertiary/aromatic N) is 2. The summed E-state index contributed by atoms with van der Waals surface area (Å²) in [6.07, 6.45) is 3.56. The molecule has 2 heterocycles. The molecule has 0 radical (unpaired) electrons. The number of likely N-dealkylation sites (tertiary alicyclic amines) is 1. The van der Waals surface area contributed by atoms with Gasteiger partial charge in [-0.05, 0) is 56.0 Å². The number of aromatic nitrogens is 1. The van der Waals surface area contributed by atoms with E-state index < -0.39 is 11.5 Å². The zero-order valence-corrected chi connectivity index (χ0v) is 14.3. The van der Waals surface area contributed by atoms with Gasteiger partial charge in [-0.25, -0.2) is 4.79 Å². The number of hydrogen-bond donors (Lipinski definition) is 1. The first kappa shape index (κ1) is 17.0. The van der Waals surface area contributed by atoms with Gasteiger partial charge >= 0.3 is 5.97 Å². The van der Waals surface area contributed by atoms with Crippen LogP contribution < -0.4 is 5.56 Å². The number of carbonyl (C=O) groups is 2. The Morgan fingerprint density at radius 1 is 1.08 bits per heavy atom. The van der Waals surface area contributed by atoms with E-state index in [1.54, 1.807) is 44.3 Å². The quantitative estimate of drug-likeness (QED) is 0.930. The highest BCUT2D eigenvalue weighted by Crippen LogP contribution is 2.21. The van der Waals surface area contributed by atoms with E-state index in [2.05, 4.69) is 0 Å². The number of aromatic carboxylic acids is 1. The summed E-state index contributed by atoms with van der Waals surface area (Å²) in [4.78, 5) is 38.5. The van der Waals surface area contributed by atoms with Gasteiger partial charge in [-0.3, -0.25) is 14.2 Å². The number of amides is 1. The molecule has 1 fully saturated rings. The molecule has 3 rings (SSSR count). The summed E-state index contributed by atoms with van der Waals surface area (Å²) in [6, 6.07) is 6.78. The van der Waals surface area contributed by atoms with Gasteiger partial charge in [-0.2, -0.15) is 0 Å². The molecule has 25 heavy (non-hydrogen) atoms. The number of benzene rings is 1. The van der Waals surface area contributed by atoms with E-state index in [1.165, 1.54) is 4.57 Å². The number of carboxylic acid groups (broad SMARTS) is 1. The molecule has 6 heteroatoms. The highest BCUT2D eigenvalue weighted by molar-refractivity contribution is 5.96. The normalized spacial score (nSPS) is 13.9. The van der Waals surface area contributed by atoms with E-state index >= 15 is 0 Å². The van der Waals surface area contributed by atoms with Crippen LogP contribution in [0.15, 0.2) is 35.3 Å². The zero-order valence-electron chi connectivity index (χ0n) is 14.3. The highest BCUT2D eigenvalue weighted by Gasteiger charge is 2.23. The lowest BCUT2D eigenvalue weighted by Crippen LogP contribution is -2.29. The van der Waals surface area contributed by atoms with Crippen molar-refractivity contribution in [2.24, 2.45) is 0 Å². The predicted molar refractivity (Wildman–Crippen MR) is 93.6 cm³/mol. The maximum atomic E-state index is 12.7. The molecule has 0 bridgehead atoms. The smallest absolute Gasteiger partial charge is 0.341 e. The fourth-order valence-electron chi connectivity index (χ4n) is 3.28. The van der Waals surface area contributed by atoms with Gasteiger partial charge in [0.05, 0.1) is 5.69 Å². The van der Waals surface area contributed by atoms with Crippen molar-refractivity contribution in [2.75, 3.05) is 13.1 Å². The molecule has 0 spiro atoms. The summed E-state index contributed by atoms with van der Waals surface area (Å²) >= 11 is 0. The van der Waals surface area contributed by atoms with Crippen LogP contribution in [-0.2, 0) is 0 Å². The maximum absolute atomic E-state index is 12.7. The van der Waals surface area contributed by atoms with E-state index in [4.69, 9.17) is 0 Å². The van der Waals surface area contributed by atoms with Crippen molar-refractivity contribution in [3.8, 4) is 5.69 Å². The number of aryl methyl sites for hydroxylation is 1. The monoisotopic (exact) mass is 340 g/mol. The van der Waals surface area contributed by atoms with Crippen LogP contribution in [0.1, 0.15) is 44.7 Å². The summed E-state index contributed by atoms with van der Waals surface area (Å²) in [5, 5.41) is 9.30. The minimum Gasteiger partial charge on any atom is -0.477 e. The third kappa shape index (κ3) is 2.95. The van der Waals surface area contributed by atoms with Gasteiger partial charge in [0.1, 0.15) is 5.56 Å². The van der Waals surface area contributed by atoms with Gasteiger partial charge in [-0.15, -0.1) is 0 Å². The Morgan fingerprint density at radius 2 is 1.76 bits per heavy atom. The van der Waals surface area contributed by atoms with Crippen molar-refractivity contribution in [1.82, 2.24) is 9.47 Å². The Balaban J connectivity index is 2.12.